The lowest BCUT2D eigenvalue weighted by molar-refractivity contribution is -0.580. The summed E-state index contributed by atoms with van der Waals surface area (Å²) in [6, 6.07) is 15.4. The van der Waals surface area contributed by atoms with Gasteiger partial charge in [0.25, 0.3) is 5.82 Å². The summed E-state index contributed by atoms with van der Waals surface area (Å²) in [5.41, 5.74) is 1.74. The predicted octanol–water partition coefficient (Wildman–Crippen LogP) is 2.38. The molecule has 1 N–H and O–H groups in total. The molecule has 0 saturated carbocycles. The number of rotatable bonds is 3. The molecule has 0 fully saturated rings. The average Bonchev–Trinajstić information content (AvgIpc) is 2.55. The standard InChI is InChI=1S/C17H16N2O2/c1-3-16-18-17(20)12-8-4-5-9-13(12)19(16)14-10-6-7-11-15(14)21-2/h4-11H,3H2,1-2H3/p+1. The summed E-state index contributed by atoms with van der Waals surface area (Å²) in [7, 11) is 1.65. The maximum Gasteiger partial charge on any atom is 0.343 e. The maximum absolute atomic E-state index is 12.2. The summed E-state index contributed by atoms with van der Waals surface area (Å²) < 4.78 is 7.52. The highest BCUT2D eigenvalue weighted by Gasteiger charge is 2.20. The Hall–Kier alpha value is -2.62. The number of nitrogens with zero attached hydrogens (tertiary/aromatic N) is 1. The summed E-state index contributed by atoms with van der Waals surface area (Å²) in [5, 5.41) is 0.667. The topological polar surface area (TPSA) is 46.0 Å². The lowest BCUT2D eigenvalue weighted by Crippen LogP contribution is -2.41. The molecule has 0 aliphatic rings. The first-order valence-electron chi connectivity index (χ1n) is 6.95. The van der Waals surface area contributed by atoms with E-state index in [1.807, 2.05) is 55.5 Å². The fourth-order valence-corrected chi connectivity index (χ4v) is 2.60. The van der Waals surface area contributed by atoms with Gasteiger partial charge in [0, 0.05) is 6.42 Å². The number of aromatic amines is 1. The number of H-pyrrole nitrogens is 1. The highest BCUT2D eigenvalue weighted by Crippen LogP contribution is 2.19. The Bertz CT molecular complexity index is 853. The van der Waals surface area contributed by atoms with Crippen molar-refractivity contribution in [2.75, 3.05) is 7.11 Å². The Kier molecular flexibility index (Phi) is 3.44. The van der Waals surface area contributed by atoms with Crippen LogP contribution in [0.15, 0.2) is 53.3 Å². The van der Waals surface area contributed by atoms with Gasteiger partial charge in [-0.3, -0.25) is 0 Å². The zero-order valence-corrected chi connectivity index (χ0v) is 12.1. The third-order valence-corrected chi connectivity index (χ3v) is 3.58. The number of nitrogens with one attached hydrogen (secondary N) is 1. The molecule has 4 heteroatoms. The number of fused-ring (bicyclic) bond motifs is 1. The first kappa shape index (κ1) is 13.4. The molecule has 3 aromatic rings. The first-order valence-corrected chi connectivity index (χ1v) is 6.95. The largest absolute Gasteiger partial charge is 0.492 e. The van der Waals surface area contributed by atoms with Crippen molar-refractivity contribution >= 4 is 10.9 Å². The van der Waals surface area contributed by atoms with E-state index in [9.17, 15) is 4.79 Å². The van der Waals surface area contributed by atoms with Gasteiger partial charge in [0.15, 0.2) is 11.4 Å². The molecule has 0 saturated heterocycles. The summed E-state index contributed by atoms with van der Waals surface area (Å²) in [6.07, 6.45) is 0.720. The molecule has 1 aromatic heterocycles. The number of ether oxygens (including phenoxy) is 1. The van der Waals surface area contributed by atoms with Gasteiger partial charge in [0.05, 0.1) is 7.11 Å². The summed E-state index contributed by atoms with van der Waals surface area (Å²) in [6.45, 7) is 2.02. The van der Waals surface area contributed by atoms with Crippen molar-refractivity contribution in [2.24, 2.45) is 0 Å². The third kappa shape index (κ3) is 2.18. The molecule has 2 aromatic carbocycles. The van der Waals surface area contributed by atoms with Crippen molar-refractivity contribution in [3.8, 4) is 11.4 Å². The van der Waals surface area contributed by atoms with Crippen molar-refractivity contribution in [1.82, 2.24) is 4.98 Å². The van der Waals surface area contributed by atoms with Gasteiger partial charge in [-0.1, -0.05) is 31.2 Å². The van der Waals surface area contributed by atoms with Gasteiger partial charge in [-0.15, -0.1) is 0 Å². The fourth-order valence-electron chi connectivity index (χ4n) is 2.60. The van der Waals surface area contributed by atoms with Gasteiger partial charge in [-0.25, -0.2) is 9.78 Å². The van der Waals surface area contributed by atoms with Crippen LogP contribution in [0.3, 0.4) is 0 Å². The smallest absolute Gasteiger partial charge is 0.343 e. The van der Waals surface area contributed by atoms with Crippen LogP contribution in [-0.4, -0.2) is 12.1 Å². The highest BCUT2D eigenvalue weighted by atomic mass is 16.5. The summed E-state index contributed by atoms with van der Waals surface area (Å²) in [5.74, 6) is 1.62. The van der Waals surface area contributed by atoms with E-state index < -0.39 is 0 Å². The predicted molar refractivity (Wildman–Crippen MR) is 82.0 cm³/mol. The van der Waals surface area contributed by atoms with Crippen molar-refractivity contribution in [1.29, 1.82) is 0 Å². The van der Waals surface area contributed by atoms with Crippen LogP contribution in [0.5, 0.6) is 5.75 Å². The first-order chi connectivity index (χ1) is 10.3. The third-order valence-electron chi connectivity index (χ3n) is 3.58. The summed E-state index contributed by atoms with van der Waals surface area (Å²) >= 11 is 0. The van der Waals surface area contributed by atoms with Crippen molar-refractivity contribution < 1.29 is 9.30 Å². The minimum Gasteiger partial charge on any atom is -0.492 e. The number of hydrogen-bond donors (Lipinski definition) is 1. The Labute approximate surface area is 122 Å². The van der Waals surface area contributed by atoms with Gasteiger partial charge < -0.3 is 4.74 Å². The van der Waals surface area contributed by atoms with Crippen molar-refractivity contribution in [2.45, 2.75) is 13.3 Å². The van der Waals surface area contributed by atoms with Gasteiger partial charge >= 0.3 is 5.56 Å². The zero-order valence-electron chi connectivity index (χ0n) is 12.1. The van der Waals surface area contributed by atoms with Crippen LogP contribution >= 0.6 is 0 Å². The van der Waals surface area contributed by atoms with Gasteiger partial charge in [-0.2, -0.15) is 4.57 Å². The molecule has 106 valence electrons. The second kappa shape index (κ2) is 5.40. The minimum absolute atomic E-state index is 0.0615. The van der Waals surface area contributed by atoms with Crippen LogP contribution in [0.25, 0.3) is 16.6 Å². The van der Waals surface area contributed by atoms with E-state index >= 15 is 0 Å². The number of hydrogen-bond acceptors (Lipinski definition) is 2. The fraction of sp³-hybridized carbons (Fsp3) is 0.176. The van der Waals surface area contributed by atoms with Crippen LogP contribution < -0.4 is 14.9 Å². The minimum atomic E-state index is -0.0615. The molecule has 21 heavy (non-hydrogen) atoms. The molecule has 0 amide bonds. The monoisotopic (exact) mass is 281 g/mol. The van der Waals surface area contributed by atoms with Crippen molar-refractivity contribution in [3.63, 3.8) is 0 Å². The second-order valence-electron chi connectivity index (χ2n) is 4.78. The Balaban J connectivity index is 2.46. The highest BCUT2D eigenvalue weighted by molar-refractivity contribution is 5.75. The Morgan fingerprint density at radius 2 is 1.81 bits per heavy atom. The zero-order chi connectivity index (χ0) is 14.8. The molecule has 0 bridgehead atoms. The Morgan fingerprint density at radius 3 is 2.57 bits per heavy atom. The van der Waals surface area contributed by atoms with E-state index in [4.69, 9.17) is 4.74 Å². The van der Waals surface area contributed by atoms with E-state index in [1.54, 1.807) is 7.11 Å². The maximum atomic E-state index is 12.2. The van der Waals surface area contributed by atoms with E-state index in [2.05, 4.69) is 9.55 Å². The van der Waals surface area contributed by atoms with Crippen LogP contribution in [0.4, 0.5) is 0 Å². The van der Waals surface area contributed by atoms with E-state index in [1.165, 1.54) is 0 Å². The summed E-state index contributed by atoms with van der Waals surface area (Å²) in [4.78, 5) is 15.2. The number of aryl methyl sites for hydroxylation is 1. The Morgan fingerprint density at radius 1 is 1.10 bits per heavy atom. The second-order valence-corrected chi connectivity index (χ2v) is 4.78. The molecule has 0 unspecified atom stereocenters. The molecule has 0 atom stereocenters. The molecular formula is C17H17N2O2+. The van der Waals surface area contributed by atoms with Gasteiger partial charge in [0.1, 0.15) is 10.9 Å². The number of benzene rings is 2. The quantitative estimate of drug-likeness (QED) is 0.749. The molecule has 1 heterocycles. The van der Waals surface area contributed by atoms with Crippen LogP contribution in [0, 0.1) is 0 Å². The molecule has 0 spiro atoms. The molecule has 0 radical (unpaired) electrons. The lowest BCUT2D eigenvalue weighted by atomic mass is 10.2. The van der Waals surface area contributed by atoms with E-state index in [-0.39, 0.29) is 5.56 Å². The molecule has 0 aliphatic carbocycles. The SMILES string of the molecule is CCc1[nH]c(=O)c2ccccc2[n+]1-c1ccccc1OC. The van der Waals surface area contributed by atoms with Gasteiger partial charge in [0.2, 0.25) is 0 Å². The number of para-hydroxylation sites is 3. The average molecular weight is 281 g/mol. The molecule has 3 rings (SSSR count). The van der Waals surface area contributed by atoms with Crippen LogP contribution in [-0.2, 0) is 6.42 Å². The van der Waals surface area contributed by atoms with Crippen molar-refractivity contribution in [3.05, 3.63) is 64.7 Å². The van der Waals surface area contributed by atoms with Crippen LogP contribution in [0.2, 0.25) is 0 Å². The normalized spacial score (nSPS) is 10.8. The number of methoxy groups -OCH3 is 1. The molecular weight excluding hydrogens is 264 g/mol. The molecule has 4 nitrogen and oxygen atoms in total. The number of aromatic nitrogens is 2. The van der Waals surface area contributed by atoms with Crippen LogP contribution in [0.1, 0.15) is 12.7 Å². The molecule has 0 aliphatic heterocycles. The lowest BCUT2D eigenvalue weighted by Gasteiger charge is -2.11. The van der Waals surface area contributed by atoms with E-state index in [0.29, 0.717) is 5.39 Å². The van der Waals surface area contributed by atoms with E-state index in [0.717, 1.165) is 29.2 Å². The van der Waals surface area contributed by atoms with Gasteiger partial charge in [-0.05, 0) is 24.3 Å².